The molecule has 0 bridgehead atoms. The van der Waals surface area contributed by atoms with Gasteiger partial charge in [0.1, 0.15) is 5.75 Å². The molecular formula is C18H19ClN2O4S. The molecule has 0 radical (unpaired) electrons. The highest BCUT2D eigenvalue weighted by atomic mass is 35.5. The maximum atomic E-state index is 13.2. The van der Waals surface area contributed by atoms with Crippen molar-refractivity contribution in [2.45, 2.75) is 24.8 Å². The average molecular weight is 395 g/mol. The number of likely N-dealkylation sites (N-methyl/N-ethyl adjacent to an activating group) is 1. The highest BCUT2D eigenvalue weighted by molar-refractivity contribution is 7.92. The van der Waals surface area contributed by atoms with E-state index in [-0.39, 0.29) is 17.3 Å². The van der Waals surface area contributed by atoms with Crippen molar-refractivity contribution in [1.82, 2.24) is 5.32 Å². The fourth-order valence-corrected chi connectivity index (χ4v) is 4.35. The molecule has 0 fully saturated rings. The number of nitrogens with one attached hydrogen (secondary N) is 1. The second kappa shape index (κ2) is 7.17. The fourth-order valence-electron chi connectivity index (χ4n) is 2.71. The number of hydrogen-bond acceptors (Lipinski definition) is 4. The largest absolute Gasteiger partial charge is 0.476 e. The second-order valence-corrected chi connectivity index (χ2v) is 8.26. The van der Waals surface area contributed by atoms with Crippen molar-refractivity contribution in [3.8, 4) is 5.75 Å². The van der Waals surface area contributed by atoms with Crippen LogP contribution in [0.1, 0.15) is 12.5 Å². The zero-order valence-corrected chi connectivity index (χ0v) is 16.0. The average Bonchev–Trinajstić information content (AvgIpc) is 2.61. The number of carbonyl (C=O) groups is 1. The molecule has 1 aliphatic rings. The quantitative estimate of drug-likeness (QED) is 0.865. The fraction of sp³-hybridized carbons (Fsp3) is 0.278. The lowest BCUT2D eigenvalue weighted by Gasteiger charge is -2.34. The van der Waals surface area contributed by atoms with Gasteiger partial charge in [-0.1, -0.05) is 29.3 Å². The molecule has 3 rings (SSSR count). The lowest BCUT2D eigenvalue weighted by molar-refractivity contribution is -0.127. The molecule has 0 aromatic heterocycles. The molecule has 2 aromatic rings. The number of ether oxygens (including phenoxy) is 1. The van der Waals surface area contributed by atoms with Crippen LogP contribution < -0.4 is 14.4 Å². The van der Waals surface area contributed by atoms with E-state index < -0.39 is 16.1 Å². The van der Waals surface area contributed by atoms with Crippen molar-refractivity contribution < 1.29 is 17.9 Å². The Hall–Kier alpha value is -2.25. The summed E-state index contributed by atoms with van der Waals surface area (Å²) in [6, 6.07) is 11.2. The number of carbonyl (C=O) groups excluding carboxylic acids is 1. The summed E-state index contributed by atoms with van der Waals surface area (Å²) in [6.45, 7) is 3.97. The highest BCUT2D eigenvalue weighted by Gasteiger charge is 2.37. The van der Waals surface area contributed by atoms with Crippen LogP contribution in [-0.4, -0.2) is 33.5 Å². The zero-order valence-electron chi connectivity index (χ0n) is 14.4. The summed E-state index contributed by atoms with van der Waals surface area (Å²) < 4.78 is 33.3. The van der Waals surface area contributed by atoms with Gasteiger partial charge in [0.2, 0.25) is 0 Å². The maximum absolute atomic E-state index is 13.2. The number of rotatable bonds is 4. The molecule has 1 heterocycles. The molecule has 1 atom stereocenters. The second-order valence-electron chi connectivity index (χ2n) is 5.96. The predicted octanol–water partition coefficient (Wildman–Crippen LogP) is 2.74. The van der Waals surface area contributed by atoms with Crippen molar-refractivity contribution in [2.24, 2.45) is 0 Å². The topological polar surface area (TPSA) is 75.7 Å². The summed E-state index contributed by atoms with van der Waals surface area (Å²) in [5.41, 5.74) is 1.27. The van der Waals surface area contributed by atoms with E-state index in [1.165, 1.54) is 10.4 Å². The molecule has 0 aliphatic carbocycles. The standard InChI is InChI=1S/C18H19ClN2O4S/c1-3-20-18(22)17-11-21(15-10-13(19)6-9-16(15)25-17)26(23,24)14-7-4-12(2)5-8-14/h4-10,17H,3,11H2,1-2H3,(H,20,22)/t17-/m0/s1. The number of amides is 1. The van der Waals surface area contributed by atoms with Gasteiger partial charge >= 0.3 is 0 Å². The van der Waals surface area contributed by atoms with E-state index in [9.17, 15) is 13.2 Å². The van der Waals surface area contributed by atoms with Crippen LogP contribution in [0.5, 0.6) is 5.75 Å². The third kappa shape index (κ3) is 3.50. The van der Waals surface area contributed by atoms with Crippen LogP contribution in [0.3, 0.4) is 0 Å². The van der Waals surface area contributed by atoms with Gasteiger partial charge in [0.05, 0.1) is 17.1 Å². The normalized spacial score (nSPS) is 16.6. The van der Waals surface area contributed by atoms with Crippen LogP contribution in [-0.2, 0) is 14.8 Å². The van der Waals surface area contributed by atoms with E-state index in [1.807, 2.05) is 6.92 Å². The third-order valence-corrected chi connectivity index (χ3v) is 6.07. The first-order chi connectivity index (χ1) is 12.3. The van der Waals surface area contributed by atoms with Gasteiger partial charge in [-0.15, -0.1) is 0 Å². The number of anilines is 1. The Bertz CT molecular complexity index is 929. The van der Waals surface area contributed by atoms with Gasteiger partial charge in [-0.2, -0.15) is 0 Å². The smallest absolute Gasteiger partial charge is 0.264 e. The Labute approximate surface area is 157 Å². The van der Waals surface area contributed by atoms with Crippen molar-refractivity contribution in [2.75, 3.05) is 17.4 Å². The first-order valence-electron chi connectivity index (χ1n) is 8.16. The van der Waals surface area contributed by atoms with E-state index in [4.69, 9.17) is 16.3 Å². The van der Waals surface area contributed by atoms with Gasteiger partial charge in [-0.3, -0.25) is 9.10 Å². The Morgan fingerprint density at radius 3 is 2.62 bits per heavy atom. The Morgan fingerprint density at radius 1 is 1.27 bits per heavy atom. The van der Waals surface area contributed by atoms with Gasteiger partial charge in [0.15, 0.2) is 6.10 Å². The minimum atomic E-state index is -3.88. The van der Waals surface area contributed by atoms with Gasteiger partial charge in [-0.05, 0) is 44.2 Å². The van der Waals surface area contributed by atoms with Crippen LogP contribution in [0.4, 0.5) is 5.69 Å². The number of sulfonamides is 1. The number of fused-ring (bicyclic) bond motifs is 1. The minimum Gasteiger partial charge on any atom is -0.476 e. The van der Waals surface area contributed by atoms with Crippen molar-refractivity contribution in [3.05, 3.63) is 53.1 Å². The van der Waals surface area contributed by atoms with Crippen molar-refractivity contribution in [1.29, 1.82) is 0 Å². The van der Waals surface area contributed by atoms with Crippen molar-refractivity contribution >= 4 is 33.2 Å². The van der Waals surface area contributed by atoms with Gasteiger partial charge in [0, 0.05) is 11.6 Å². The summed E-state index contributed by atoms with van der Waals surface area (Å²) in [5.74, 6) is -0.0650. The predicted molar refractivity (Wildman–Crippen MR) is 100 cm³/mol. The lowest BCUT2D eigenvalue weighted by atomic mass is 10.2. The van der Waals surface area contributed by atoms with Crippen molar-refractivity contribution in [3.63, 3.8) is 0 Å². The molecule has 26 heavy (non-hydrogen) atoms. The molecule has 1 aliphatic heterocycles. The highest BCUT2D eigenvalue weighted by Crippen LogP contribution is 2.38. The van der Waals surface area contributed by atoms with Crippen LogP contribution in [0.25, 0.3) is 0 Å². The Morgan fingerprint density at radius 2 is 1.96 bits per heavy atom. The van der Waals surface area contributed by atoms with Crippen LogP contribution in [0, 0.1) is 6.92 Å². The maximum Gasteiger partial charge on any atom is 0.264 e. The molecule has 0 saturated carbocycles. The minimum absolute atomic E-state index is 0.130. The lowest BCUT2D eigenvalue weighted by Crippen LogP contribution is -2.50. The molecule has 2 aromatic carbocycles. The molecule has 0 saturated heterocycles. The van der Waals surface area contributed by atoms with E-state index in [0.29, 0.717) is 23.0 Å². The third-order valence-electron chi connectivity index (χ3n) is 4.04. The summed E-state index contributed by atoms with van der Waals surface area (Å²) >= 11 is 6.05. The van der Waals surface area contributed by atoms with Crippen LogP contribution in [0.15, 0.2) is 47.4 Å². The summed E-state index contributed by atoms with van der Waals surface area (Å²) in [4.78, 5) is 12.4. The summed E-state index contributed by atoms with van der Waals surface area (Å²) in [5, 5.41) is 3.05. The van der Waals surface area contributed by atoms with E-state index in [1.54, 1.807) is 43.3 Å². The SMILES string of the molecule is CCNC(=O)[C@@H]1CN(S(=O)(=O)c2ccc(C)cc2)c2cc(Cl)ccc2O1. The molecule has 1 N–H and O–H groups in total. The van der Waals surface area contributed by atoms with E-state index in [0.717, 1.165) is 5.56 Å². The first-order valence-corrected chi connectivity index (χ1v) is 9.98. The number of aryl methyl sites for hydroxylation is 1. The number of halogens is 1. The number of nitrogens with zero attached hydrogens (tertiary/aromatic N) is 1. The van der Waals surface area contributed by atoms with Crippen LogP contribution >= 0.6 is 11.6 Å². The molecule has 0 spiro atoms. The number of benzene rings is 2. The van der Waals surface area contributed by atoms with Crippen LogP contribution in [0.2, 0.25) is 5.02 Å². The molecule has 6 nitrogen and oxygen atoms in total. The molecule has 8 heteroatoms. The Kier molecular flexibility index (Phi) is 5.11. The molecule has 0 unspecified atom stereocenters. The Balaban J connectivity index is 2.07. The summed E-state index contributed by atoms with van der Waals surface area (Å²) in [6.07, 6.45) is -0.941. The van der Waals surface area contributed by atoms with Gasteiger partial charge in [-0.25, -0.2) is 8.42 Å². The molecule has 138 valence electrons. The molecular weight excluding hydrogens is 376 g/mol. The number of hydrogen-bond donors (Lipinski definition) is 1. The first kappa shape index (κ1) is 18.5. The summed E-state index contributed by atoms with van der Waals surface area (Å²) in [7, 11) is -3.88. The molecule has 1 amide bonds. The zero-order chi connectivity index (χ0) is 18.9. The van der Waals surface area contributed by atoms with Gasteiger partial charge in [0.25, 0.3) is 15.9 Å². The van der Waals surface area contributed by atoms with E-state index >= 15 is 0 Å². The van der Waals surface area contributed by atoms with E-state index in [2.05, 4.69) is 5.32 Å². The van der Waals surface area contributed by atoms with Gasteiger partial charge < -0.3 is 10.1 Å². The monoisotopic (exact) mass is 394 g/mol.